The van der Waals surface area contributed by atoms with Crippen LogP contribution in [0, 0.1) is 8.34 Å². The van der Waals surface area contributed by atoms with E-state index in [0.717, 1.165) is 14.6 Å². The van der Waals surface area contributed by atoms with Crippen LogP contribution in [0.15, 0.2) is 18.2 Å². The van der Waals surface area contributed by atoms with E-state index in [4.69, 9.17) is 12.2 Å². The predicted octanol–water partition coefficient (Wildman–Crippen LogP) is 2.74. The highest BCUT2D eigenvalue weighted by Crippen LogP contribution is 2.17. The fourth-order valence-corrected chi connectivity index (χ4v) is 3.27. The van der Waals surface area contributed by atoms with E-state index in [2.05, 4.69) is 27.6 Å². The maximum Gasteiger partial charge on any atom is 0.178 e. The van der Waals surface area contributed by atoms with Gasteiger partial charge in [0.15, 0.2) is 14.6 Å². The summed E-state index contributed by atoms with van der Waals surface area (Å²) in [5.74, 6) is 0.289. The van der Waals surface area contributed by atoms with Crippen LogP contribution < -0.4 is 0 Å². The third kappa shape index (κ3) is 2.94. The lowest BCUT2D eigenvalue weighted by Gasteiger charge is -2.04. The number of rotatable bonds is 4. The lowest BCUT2D eigenvalue weighted by Crippen LogP contribution is -2.14. The zero-order valence-corrected chi connectivity index (χ0v) is 13.6. The first-order valence-electron chi connectivity index (χ1n) is 5.51. The molecule has 0 unspecified atom stereocenters. The number of hydrogen-bond donors (Lipinski definition) is 1. The van der Waals surface area contributed by atoms with Crippen molar-refractivity contribution < 1.29 is 8.42 Å². The second-order valence-corrected chi connectivity index (χ2v) is 8.08. The third-order valence-electron chi connectivity index (χ3n) is 2.80. The SMILES string of the molecule is CCS(=O)(=O)CCn1c(=S)[nH]c2cc(I)ccc21. The fourth-order valence-electron chi connectivity index (χ4n) is 1.73. The van der Waals surface area contributed by atoms with Crippen molar-refractivity contribution in [1.82, 2.24) is 9.55 Å². The van der Waals surface area contributed by atoms with E-state index in [9.17, 15) is 8.42 Å². The van der Waals surface area contributed by atoms with Crippen LogP contribution in [0.1, 0.15) is 6.92 Å². The second-order valence-electron chi connectivity index (χ2n) is 3.98. The molecule has 0 atom stereocenters. The van der Waals surface area contributed by atoms with Gasteiger partial charge in [-0.15, -0.1) is 0 Å². The molecule has 1 N–H and O–H groups in total. The molecule has 1 heterocycles. The maximum absolute atomic E-state index is 11.5. The molecule has 0 saturated heterocycles. The molecular weight excluding hydrogens is 383 g/mol. The third-order valence-corrected chi connectivity index (χ3v) is 5.48. The lowest BCUT2D eigenvalue weighted by molar-refractivity contribution is 0.590. The molecule has 0 aliphatic carbocycles. The Morgan fingerprint density at radius 1 is 1.44 bits per heavy atom. The van der Waals surface area contributed by atoms with Crippen molar-refractivity contribution in [1.29, 1.82) is 0 Å². The summed E-state index contributed by atoms with van der Waals surface area (Å²) in [5, 5.41) is 0. The van der Waals surface area contributed by atoms with Crippen LogP contribution in [0.2, 0.25) is 0 Å². The number of nitrogens with zero attached hydrogens (tertiary/aromatic N) is 1. The van der Waals surface area contributed by atoms with E-state index in [1.54, 1.807) is 6.92 Å². The van der Waals surface area contributed by atoms with Crippen molar-refractivity contribution in [2.75, 3.05) is 11.5 Å². The van der Waals surface area contributed by atoms with Crippen LogP contribution in [0.3, 0.4) is 0 Å². The molecule has 0 aliphatic rings. The summed E-state index contributed by atoms with van der Waals surface area (Å²) in [7, 11) is -2.97. The van der Waals surface area contributed by atoms with Gasteiger partial charge < -0.3 is 9.55 Å². The predicted molar refractivity (Wildman–Crippen MR) is 84.2 cm³/mol. The van der Waals surface area contributed by atoms with E-state index in [0.29, 0.717) is 11.3 Å². The Kier molecular flexibility index (Phi) is 4.12. The Labute approximate surface area is 124 Å². The number of sulfone groups is 1. The van der Waals surface area contributed by atoms with Gasteiger partial charge in [0.2, 0.25) is 0 Å². The quantitative estimate of drug-likeness (QED) is 0.639. The van der Waals surface area contributed by atoms with Crippen molar-refractivity contribution in [2.24, 2.45) is 0 Å². The van der Waals surface area contributed by atoms with Crippen molar-refractivity contribution in [2.45, 2.75) is 13.5 Å². The van der Waals surface area contributed by atoms with Gasteiger partial charge >= 0.3 is 0 Å². The fraction of sp³-hybridized carbons (Fsp3) is 0.364. The van der Waals surface area contributed by atoms with Gasteiger partial charge in [-0.05, 0) is 53.0 Å². The summed E-state index contributed by atoms with van der Waals surface area (Å²) < 4.78 is 26.6. The Balaban J connectivity index is 2.40. The Morgan fingerprint density at radius 2 is 2.17 bits per heavy atom. The highest BCUT2D eigenvalue weighted by atomic mass is 127. The van der Waals surface area contributed by atoms with Gasteiger partial charge in [-0.1, -0.05) is 6.92 Å². The number of benzene rings is 1. The molecule has 0 amide bonds. The molecular formula is C11H13IN2O2S2. The van der Waals surface area contributed by atoms with Gasteiger partial charge in [0, 0.05) is 15.9 Å². The van der Waals surface area contributed by atoms with Crippen LogP contribution >= 0.6 is 34.8 Å². The number of aromatic amines is 1. The van der Waals surface area contributed by atoms with Crippen molar-refractivity contribution in [3.05, 3.63) is 26.5 Å². The molecule has 98 valence electrons. The molecule has 0 radical (unpaired) electrons. The first-order valence-corrected chi connectivity index (χ1v) is 8.82. The minimum Gasteiger partial charge on any atom is -0.331 e. The zero-order valence-electron chi connectivity index (χ0n) is 9.81. The molecule has 0 fully saturated rings. The van der Waals surface area contributed by atoms with E-state index in [-0.39, 0.29) is 11.5 Å². The Bertz CT molecular complexity index is 731. The Morgan fingerprint density at radius 3 is 2.83 bits per heavy atom. The van der Waals surface area contributed by atoms with Crippen LogP contribution in [-0.4, -0.2) is 29.5 Å². The number of halogens is 1. The topological polar surface area (TPSA) is 54.9 Å². The van der Waals surface area contributed by atoms with E-state index in [1.165, 1.54) is 0 Å². The van der Waals surface area contributed by atoms with Crippen molar-refractivity contribution >= 4 is 55.7 Å². The van der Waals surface area contributed by atoms with E-state index < -0.39 is 9.84 Å². The molecule has 1 aromatic carbocycles. The van der Waals surface area contributed by atoms with Crippen LogP contribution in [0.4, 0.5) is 0 Å². The number of imidazole rings is 1. The molecule has 0 saturated carbocycles. The summed E-state index contributed by atoms with van der Waals surface area (Å²) >= 11 is 7.46. The molecule has 4 nitrogen and oxygen atoms in total. The monoisotopic (exact) mass is 396 g/mol. The molecule has 7 heteroatoms. The van der Waals surface area contributed by atoms with Crippen molar-refractivity contribution in [3.8, 4) is 0 Å². The summed E-state index contributed by atoms with van der Waals surface area (Å²) in [6.45, 7) is 2.06. The van der Waals surface area contributed by atoms with E-state index in [1.807, 2.05) is 22.8 Å². The number of aryl methyl sites for hydroxylation is 1. The second kappa shape index (κ2) is 5.30. The average Bonchev–Trinajstić information content (AvgIpc) is 2.61. The normalized spacial score (nSPS) is 12.1. The molecule has 0 bridgehead atoms. The standard InChI is InChI=1S/C11H13IN2O2S2/c1-2-18(15,16)6-5-14-10-4-3-8(12)7-9(10)13-11(14)17/h3-4,7H,2,5-6H2,1H3,(H,13,17). The minimum atomic E-state index is -2.97. The van der Waals surface area contributed by atoms with Crippen LogP contribution in [0.5, 0.6) is 0 Å². The molecule has 2 aromatic rings. The van der Waals surface area contributed by atoms with Gasteiger partial charge in [-0.2, -0.15) is 0 Å². The molecule has 18 heavy (non-hydrogen) atoms. The number of aromatic nitrogens is 2. The van der Waals surface area contributed by atoms with Crippen LogP contribution in [0.25, 0.3) is 11.0 Å². The van der Waals surface area contributed by atoms with E-state index >= 15 is 0 Å². The number of nitrogens with one attached hydrogen (secondary N) is 1. The molecule has 1 aromatic heterocycles. The minimum absolute atomic E-state index is 0.122. The summed E-state index contributed by atoms with van der Waals surface area (Å²) in [6, 6.07) is 5.94. The lowest BCUT2D eigenvalue weighted by atomic mass is 10.3. The van der Waals surface area contributed by atoms with Gasteiger partial charge in [-0.25, -0.2) is 8.42 Å². The molecule has 0 spiro atoms. The molecule has 0 aliphatic heterocycles. The average molecular weight is 396 g/mol. The van der Waals surface area contributed by atoms with Gasteiger partial charge in [-0.3, -0.25) is 0 Å². The van der Waals surface area contributed by atoms with Crippen LogP contribution in [-0.2, 0) is 16.4 Å². The largest absolute Gasteiger partial charge is 0.331 e. The first kappa shape index (κ1) is 14.0. The maximum atomic E-state index is 11.5. The smallest absolute Gasteiger partial charge is 0.178 e. The number of H-pyrrole nitrogens is 1. The molecule has 2 rings (SSSR count). The zero-order chi connectivity index (χ0) is 13.3. The summed E-state index contributed by atoms with van der Waals surface area (Å²) in [4.78, 5) is 3.10. The highest BCUT2D eigenvalue weighted by molar-refractivity contribution is 14.1. The van der Waals surface area contributed by atoms with Crippen molar-refractivity contribution in [3.63, 3.8) is 0 Å². The summed E-state index contributed by atoms with van der Waals surface area (Å²) in [5.41, 5.74) is 1.90. The summed E-state index contributed by atoms with van der Waals surface area (Å²) in [6.07, 6.45) is 0. The number of hydrogen-bond acceptors (Lipinski definition) is 3. The Hall–Kier alpha value is -0.410. The van der Waals surface area contributed by atoms with Gasteiger partial charge in [0.1, 0.15) is 0 Å². The van der Waals surface area contributed by atoms with Gasteiger partial charge in [0.25, 0.3) is 0 Å². The highest BCUT2D eigenvalue weighted by Gasteiger charge is 2.10. The number of fused-ring (bicyclic) bond motifs is 1. The first-order chi connectivity index (χ1) is 8.43. The van der Waals surface area contributed by atoms with Gasteiger partial charge in [0.05, 0.1) is 16.8 Å².